The van der Waals surface area contributed by atoms with Gasteiger partial charge >= 0.3 is 0 Å². The maximum atomic E-state index is 6.27. The summed E-state index contributed by atoms with van der Waals surface area (Å²) in [6, 6.07) is 8.56. The standard InChI is InChI=1S/C21H34O2/c1-6-16(2)17-11-13-19(14-12-17)23-20(15-21(3,4)5)22-18-9-7-8-10-18/h11-14,16,18,20H,6-10,15H2,1-5H3. The SMILES string of the molecule is CCC(C)c1ccc(OC(CC(C)(C)C)OC2CCCC2)cc1. The Morgan fingerprint density at radius 2 is 1.70 bits per heavy atom. The summed E-state index contributed by atoms with van der Waals surface area (Å²) in [4.78, 5) is 0. The molecule has 2 nitrogen and oxygen atoms in total. The van der Waals surface area contributed by atoms with Crippen LogP contribution in [0.3, 0.4) is 0 Å². The minimum atomic E-state index is -0.146. The Morgan fingerprint density at radius 3 is 2.22 bits per heavy atom. The second-order valence-electron chi connectivity index (χ2n) is 8.23. The maximum Gasteiger partial charge on any atom is 0.200 e. The molecule has 2 unspecified atom stereocenters. The molecule has 0 amide bonds. The van der Waals surface area contributed by atoms with Gasteiger partial charge in [-0.1, -0.05) is 59.6 Å². The topological polar surface area (TPSA) is 18.5 Å². The van der Waals surface area contributed by atoms with Gasteiger partial charge in [0.1, 0.15) is 5.75 Å². The summed E-state index contributed by atoms with van der Waals surface area (Å²) in [6.45, 7) is 11.2. The molecule has 130 valence electrons. The monoisotopic (exact) mass is 318 g/mol. The Labute approximate surface area is 142 Å². The minimum Gasteiger partial charge on any atom is -0.465 e. The van der Waals surface area contributed by atoms with Crippen molar-refractivity contribution in [3.05, 3.63) is 29.8 Å². The highest BCUT2D eigenvalue weighted by atomic mass is 16.7. The Hall–Kier alpha value is -1.02. The molecule has 1 aromatic rings. The van der Waals surface area contributed by atoms with Crippen LogP contribution in [0.25, 0.3) is 0 Å². The smallest absolute Gasteiger partial charge is 0.200 e. The normalized spacial score (nSPS) is 18.8. The van der Waals surface area contributed by atoms with Gasteiger partial charge in [-0.2, -0.15) is 0 Å². The van der Waals surface area contributed by atoms with Crippen molar-refractivity contribution in [2.45, 2.75) is 91.5 Å². The van der Waals surface area contributed by atoms with Crippen LogP contribution < -0.4 is 4.74 Å². The fourth-order valence-electron chi connectivity index (χ4n) is 3.12. The van der Waals surface area contributed by atoms with E-state index in [0.29, 0.717) is 12.0 Å². The highest BCUT2D eigenvalue weighted by molar-refractivity contribution is 5.29. The molecule has 1 aromatic carbocycles. The average molecular weight is 319 g/mol. The van der Waals surface area contributed by atoms with Gasteiger partial charge in [0.15, 0.2) is 0 Å². The van der Waals surface area contributed by atoms with E-state index in [4.69, 9.17) is 9.47 Å². The summed E-state index contributed by atoms with van der Waals surface area (Å²) in [5.74, 6) is 1.52. The molecule has 2 heteroatoms. The first-order chi connectivity index (χ1) is 10.9. The Bertz CT molecular complexity index is 452. The van der Waals surface area contributed by atoms with E-state index in [9.17, 15) is 0 Å². The van der Waals surface area contributed by atoms with E-state index >= 15 is 0 Å². The lowest BCUT2D eigenvalue weighted by Crippen LogP contribution is -2.30. The van der Waals surface area contributed by atoms with Crippen molar-refractivity contribution < 1.29 is 9.47 Å². The zero-order valence-electron chi connectivity index (χ0n) is 15.6. The van der Waals surface area contributed by atoms with Gasteiger partial charge in [-0.3, -0.25) is 0 Å². The molecule has 0 aromatic heterocycles. The Morgan fingerprint density at radius 1 is 1.09 bits per heavy atom. The molecular weight excluding hydrogens is 284 g/mol. The van der Waals surface area contributed by atoms with Crippen LogP contribution in [0.4, 0.5) is 0 Å². The summed E-state index contributed by atoms with van der Waals surface area (Å²) < 4.78 is 12.5. The zero-order valence-corrected chi connectivity index (χ0v) is 15.6. The lowest BCUT2D eigenvalue weighted by Gasteiger charge is -2.29. The molecule has 0 radical (unpaired) electrons. The Kier molecular flexibility index (Phi) is 6.52. The highest BCUT2D eigenvalue weighted by Gasteiger charge is 2.26. The van der Waals surface area contributed by atoms with Crippen molar-refractivity contribution in [2.24, 2.45) is 5.41 Å². The van der Waals surface area contributed by atoms with Crippen molar-refractivity contribution >= 4 is 0 Å². The number of ether oxygens (including phenoxy) is 2. The van der Waals surface area contributed by atoms with Gasteiger partial charge in [-0.05, 0) is 48.3 Å². The lowest BCUT2D eigenvalue weighted by molar-refractivity contribution is -0.132. The zero-order chi connectivity index (χ0) is 16.9. The van der Waals surface area contributed by atoms with Crippen molar-refractivity contribution in [3.63, 3.8) is 0 Å². The molecule has 2 rings (SSSR count). The predicted molar refractivity (Wildman–Crippen MR) is 97.0 cm³/mol. The van der Waals surface area contributed by atoms with E-state index in [0.717, 1.165) is 18.6 Å². The molecule has 0 bridgehead atoms. The van der Waals surface area contributed by atoms with E-state index in [1.54, 1.807) is 0 Å². The molecule has 0 N–H and O–H groups in total. The van der Waals surface area contributed by atoms with Gasteiger partial charge in [0.25, 0.3) is 0 Å². The van der Waals surface area contributed by atoms with Gasteiger partial charge in [0.2, 0.25) is 6.29 Å². The second-order valence-corrected chi connectivity index (χ2v) is 8.23. The lowest BCUT2D eigenvalue weighted by atomic mass is 9.92. The highest BCUT2D eigenvalue weighted by Crippen LogP contribution is 2.30. The first-order valence-electron chi connectivity index (χ1n) is 9.29. The van der Waals surface area contributed by atoms with E-state index < -0.39 is 0 Å². The molecule has 1 aliphatic rings. The van der Waals surface area contributed by atoms with Crippen LogP contribution in [-0.2, 0) is 4.74 Å². The molecule has 0 heterocycles. The van der Waals surface area contributed by atoms with Crippen LogP contribution in [0, 0.1) is 5.41 Å². The van der Waals surface area contributed by atoms with Crippen LogP contribution in [0.15, 0.2) is 24.3 Å². The van der Waals surface area contributed by atoms with Gasteiger partial charge in [0.05, 0.1) is 6.10 Å². The van der Waals surface area contributed by atoms with Crippen LogP contribution >= 0.6 is 0 Å². The molecule has 23 heavy (non-hydrogen) atoms. The van der Waals surface area contributed by atoms with Crippen LogP contribution in [0.2, 0.25) is 0 Å². The third-order valence-corrected chi connectivity index (χ3v) is 4.75. The second kappa shape index (κ2) is 8.19. The minimum absolute atomic E-state index is 0.146. The van der Waals surface area contributed by atoms with Crippen LogP contribution in [0.5, 0.6) is 5.75 Å². The molecule has 0 aliphatic heterocycles. The van der Waals surface area contributed by atoms with E-state index in [1.165, 1.54) is 31.2 Å². The summed E-state index contributed by atoms with van der Waals surface area (Å²) in [7, 11) is 0. The van der Waals surface area contributed by atoms with Gasteiger partial charge in [0, 0.05) is 6.42 Å². The van der Waals surface area contributed by atoms with Crippen LogP contribution in [-0.4, -0.2) is 12.4 Å². The maximum absolute atomic E-state index is 6.27. The average Bonchev–Trinajstić information content (AvgIpc) is 2.98. The quantitative estimate of drug-likeness (QED) is 0.549. The number of hydrogen-bond donors (Lipinski definition) is 0. The fourth-order valence-corrected chi connectivity index (χ4v) is 3.12. The Balaban J connectivity index is 2.00. The van der Waals surface area contributed by atoms with Gasteiger partial charge in [-0.15, -0.1) is 0 Å². The van der Waals surface area contributed by atoms with Crippen molar-refractivity contribution in [1.29, 1.82) is 0 Å². The first-order valence-corrected chi connectivity index (χ1v) is 9.29. The summed E-state index contributed by atoms with van der Waals surface area (Å²) >= 11 is 0. The summed E-state index contributed by atoms with van der Waals surface area (Å²) in [6.07, 6.45) is 7.24. The van der Waals surface area contributed by atoms with Crippen molar-refractivity contribution in [3.8, 4) is 5.75 Å². The number of hydrogen-bond acceptors (Lipinski definition) is 2. The molecule has 0 saturated heterocycles. The van der Waals surface area contributed by atoms with Gasteiger partial charge in [-0.25, -0.2) is 0 Å². The molecular formula is C21H34O2. The number of benzene rings is 1. The number of rotatable bonds is 7. The summed E-state index contributed by atoms with van der Waals surface area (Å²) in [5.41, 5.74) is 1.57. The summed E-state index contributed by atoms with van der Waals surface area (Å²) in [5, 5.41) is 0. The molecule has 0 spiro atoms. The molecule has 1 fully saturated rings. The van der Waals surface area contributed by atoms with E-state index in [-0.39, 0.29) is 11.7 Å². The predicted octanol–water partition coefficient (Wildman–Crippen LogP) is 6.30. The van der Waals surface area contributed by atoms with Crippen molar-refractivity contribution in [2.75, 3.05) is 0 Å². The van der Waals surface area contributed by atoms with E-state index in [2.05, 4.69) is 58.9 Å². The van der Waals surface area contributed by atoms with Crippen LogP contribution in [0.1, 0.15) is 84.6 Å². The largest absolute Gasteiger partial charge is 0.465 e. The van der Waals surface area contributed by atoms with E-state index in [1.807, 2.05) is 0 Å². The molecule has 1 saturated carbocycles. The van der Waals surface area contributed by atoms with Gasteiger partial charge < -0.3 is 9.47 Å². The third kappa shape index (κ3) is 6.18. The first kappa shape index (κ1) is 18.3. The molecule has 1 aliphatic carbocycles. The van der Waals surface area contributed by atoms with Crippen molar-refractivity contribution in [1.82, 2.24) is 0 Å². The fraction of sp³-hybridized carbons (Fsp3) is 0.714. The third-order valence-electron chi connectivity index (χ3n) is 4.75. The molecule has 2 atom stereocenters.